The second kappa shape index (κ2) is 11.9. The molecule has 0 saturated carbocycles. The van der Waals surface area contributed by atoms with Gasteiger partial charge in [-0.05, 0) is 43.0 Å². The maximum atomic E-state index is 13.0. The van der Waals surface area contributed by atoms with Crippen molar-refractivity contribution in [3.8, 4) is 11.4 Å². The molecule has 33 heavy (non-hydrogen) atoms. The number of methoxy groups -OCH3 is 1. The molecule has 1 N–H and O–H groups in total. The van der Waals surface area contributed by atoms with Crippen LogP contribution in [-0.2, 0) is 15.0 Å². The quantitative estimate of drug-likeness (QED) is 0.505. The minimum absolute atomic E-state index is 0.0340. The van der Waals surface area contributed by atoms with E-state index in [0.29, 0.717) is 24.7 Å². The number of ether oxygens (including phenoxy) is 1. The summed E-state index contributed by atoms with van der Waals surface area (Å²) >= 11 is 0. The minimum atomic E-state index is -0.223. The molecule has 0 unspecified atom stereocenters. The molecule has 0 aliphatic rings. The van der Waals surface area contributed by atoms with Gasteiger partial charge in [-0.2, -0.15) is 5.10 Å². The van der Waals surface area contributed by atoms with Gasteiger partial charge in [-0.3, -0.25) is 9.59 Å². The van der Waals surface area contributed by atoms with E-state index in [-0.39, 0.29) is 23.8 Å². The predicted molar refractivity (Wildman–Crippen MR) is 133 cm³/mol. The molecule has 2 aromatic rings. The van der Waals surface area contributed by atoms with Crippen LogP contribution in [0, 0.1) is 5.92 Å². The first kappa shape index (κ1) is 26.4. The van der Waals surface area contributed by atoms with Gasteiger partial charge in [0.05, 0.1) is 25.0 Å². The molecule has 0 saturated heterocycles. The first-order valence-corrected chi connectivity index (χ1v) is 11.9. The van der Waals surface area contributed by atoms with Crippen molar-refractivity contribution in [2.24, 2.45) is 5.92 Å². The van der Waals surface area contributed by atoms with Gasteiger partial charge in [0.15, 0.2) is 0 Å². The Labute approximate surface area is 198 Å². The summed E-state index contributed by atoms with van der Waals surface area (Å²) in [6.07, 6.45) is 3.12. The average molecular weight is 457 g/mol. The van der Waals surface area contributed by atoms with Gasteiger partial charge < -0.3 is 15.0 Å². The maximum Gasteiger partial charge on any atom is 0.245 e. The molecule has 0 bridgehead atoms. The smallest absolute Gasteiger partial charge is 0.245 e. The number of aromatic nitrogens is 2. The summed E-state index contributed by atoms with van der Waals surface area (Å²) in [6, 6.07) is 9.42. The van der Waals surface area contributed by atoms with Crippen molar-refractivity contribution in [2.75, 3.05) is 25.5 Å². The Hall–Kier alpha value is -2.83. The molecular formula is C26H40N4O3. The van der Waals surface area contributed by atoms with Gasteiger partial charge >= 0.3 is 0 Å². The van der Waals surface area contributed by atoms with Gasteiger partial charge in [-0.1, -0.05) is 48.0 Å². The number of nitrogens with one attached hydrogen (secondary N) is 1. The van der Waals surface area contributed by atoms with Crippen LogP contribution in [-0.4, -0.2) is 46.7 Å². The second-order valence-electron chi connectivity index (χ2n) is 9.92. The van der Waals surface area contributed by atoms with Crippen LogP contribution in [0.2, 0.25) is 0 Å². The third-order valence-electron chi connectivity index (χ3n) is 5.47. The van der Waals surface area contributed by atoms with E-state index in [1.807, 2.05) is 30.3 Å². The zero-order valence-corrected chi connectivity index (χ0v) is 21.3. The van der Waals surface area contributed by atoms with E-state index in [0.717, 1.165) is 36.4 Å². The van der Waals surface area contributed by atoms with Crippen molar-refractivity contribution in [2.45, 2.75) is 72.6 Å². The molecule has 0 atom stereocenters. The number of benzene rings is 1. The summed E-state index contributed by atoms with van der Waals surface area (Å²) < 4.78 is 6.99. The van der Waals surface area contributed by atoms with Crippen LogP contribution < -0.4 is 10.1 Å². The van der Waals surface area contributed by atoms with Crippen molar-refractivity contribution in [3.05, 3.63) is 36.0 Å². The Morgan fingerprint density at radius 3 is 2.39 bits per heavy atom. The maximum absolute atomic E-state index is 13.0. The number of hydrogen-bond donors (Lipinski definition) is 1. The second-order valence-corrected chi connectivity index (χ2v) is 9.92. The zero-order chi connectivity index (χ0) is 24.6. The molecule has 0 aliphatic carbocycles. The van der Waals surface area contributed by atoms with E-state index in [9.17, 15) is 9.59 Å². The van der Waals surface area contributed by atoms with Gasteiger partial charge in [0, 0.05) is 24.4 Å². The third-order valence-corrected chi connectivity index (χ3v) is 5.47. The van der Waals surface area contributed by atoms with E-state index in [1.165, 1.54) is 0 Å². The highest BCUT2D eigenvalue weighted by atomic mass is 16.5. The average Bonchev–Trinajstić information content (AvgIpc) is 3.19. The number of hydrogen-bond acceptors (Lipinski definition) is 4. The van der Waals surface area contributed by atoms with Crippen LogP contribution in [0.15, 0.2) is 30.3 Å². The van der Waals surface area contributed by atoms with Crippen molar-refractivity contribution in [1.82, 2.24) is 14.7 Å². The standard InChI is InChI=1S/C26H40N4O3/c1-8-9-10-25(32)29(16-15-19(2)3)18-24(31)27-23-17-22(26(4,5)6)28-30(23)20-11-13-21(33-7)14-12-20/h11-14,17,19H,8-10,15-16,18H2,1-7H3,(H,27,31). The number of nitrogens with zero attached hydrogens (tertiary/aromatic N) is 3. The first-order valence-electron chi connectivity index (χ1n) is 11.9. The van der Waals surface area contributed by atoms with Gasteiger partial charge in [-0.25, -0.2) is 4.68 Å². The highest BCUT2D eigenvalue weighted by molar-refractivity contribution is 5.94. The summed E-state index contributed by atoms with van der Waals surface area (Å²) in [6.45, 7) is 13.2. The molecule has 2 amide bonds. The number of carbonyl (C=O) groups excluding carboxylic acids is 2. The molecule has 1 heterocycles. The number of rotatable bonds is 11. The summed E-state index contributed by atoms with van der Waals surface area (Å²) in [4.78, 5) is 27.4. The summed E-state index contributed by atoms with van der Waals surface area (Å²) in [5.74, 6) is 1.60. The van der Waals surface area contributed by atoms with Gasteiger partial charge in [0.2, 0.25) is 11.8 Å². The Morgan fingerprint density at radius 1 is 1.18 bits per heavy atom. The molecule has 1 aromatic heterocycles. The van der Waals surface area contributed by atoms with E-state index >= 15 is 0 Å². The lowest BCUT2D eigenvalue weighted by Crippen LogP contribution is -2.39. The molecule has 7 heteroatoms. The van der Waals surface area contributed by atoms with Crippen molar-refractivity contribution in [1.29, 1.82) is 0 Å². The van der Waals surface area contributed by atoms with Gasteiger partial charge in [-0.15, -0.1) is 0 Å². The fourth-order valence-corrected chi connectivity index (χ4v) is 3.30. The van der Waals surface area contributed by atoms with Gasteiger partial charge in [0.1, 0.15) is 11.6 Å². The summed E-state index contributed by atoms with van der Waals surface area (Å²) in [5, 5.41) is 7.75. The molecule has 0 fully saturated rings. The molecule has 0 aliphatic heterocycles. The van der Waals surface area contributed by atoms with Gasteiger partial charge in [0.25, 0.3) is 0 Å². The summed E-state index contributed by atoms with van der Waals surface area (Å²) in [7, 11) is 1.62. The van der Waals surface area contributed by atoms with Crippen LogP contribution >= 0.6 is 0 Å². The SMILES string of the molecule is CCCCC(=O)N(CCC(C)C)CC(=O)Nc1cc(C(C)(C)C)nn1-c1ccc(OC)cc1. The Balaban J connectivity index is 2.26. The van der Waals surface area contributed by atoms with Crippen LogP contribution in [0.1, 0.15) is 72.9 Å². The van der Waals surface area contributed by atoms with Crippen molar-refractivity contribution in [3.63, 3.8) is 0 Å². The molecule has 0 radical (unpaired) electrons. The number of amides is 2. The Morgan fingerprint density at radius 2 is 1.85 bits per heavy atom. The van der Waals surface area contributed by atoms with E-state index in [2.05, 4.69) is 46.9 Å². The van der Waals surface area contributed by atoms with Crippen LogP contribution in [0.3, 0.4) is 0 Å². The Kier molecular flexibility index (Phi) is 9.50. The summed E-state index contributed by atoms with van der Waals surface area (Å²) in [5.41, 5.74) is 1.50. The lowest BCUT2D eigenvalue weighted by atomic mass is 9.92. The largest absolute Gasteiger partial charge is 0.497 e. The highest BCUT2D eigenvalue weighted by Gasteiger charge is 2.23. The monoisotopic (exact) mass is 456 g/mol. The van der Waals surface area contributed by atoms with Crippen LogP contribution in [0.4, 0.5) is 5.82 Å². The molecule has 7 nitrogen and oxygen atoms in total. The first-order chi connectivity index (χ1) is 15.5. The minimum Gasteiger partial charge on any atom is -0.497 e. The Bertz CT molecular complexity index is 911. The number of anilines is 1. The normalized spacial score (nSPS) is 11.5. The lowest BCUT2D eigenvalue weighted by Gasteiger charge is -2.23. The van der Waals surface area contributed by atoms with Crippen molar-refractivity contribution < 1.29 is 14.3 Å². The topological polar surface area (TPSA) is 76.5 Å². The van der Waals surface area contributed by atoms with E-state index < -0.39 is 0 Å². The fraction of sp³-hybridized carbons (Fsp3) is 0.577. The molecular weight excluding hydrogens is 416 g/mol. The number of carbonyl (C=O) groups is 2. The molecule has 1 aromatic carbocycles. The van der Waals surface area contributed by atoms with E-state index in [4.69, 9.17) is 9.84 Å². The molecule has 182 valence electrons. The molecule has 0 spiro atoms. The van der Waals surface area contributed by atoms with Crippen molar-refractivity contribution >= 4 is 17.6 Å². The number of unbranched alkanes of at least 4 members (excludes halogenated alkanes) is 1. The van der Waals surface area contributed by atoms with E-state index in [1.54, 1.807) is 16.7 Å². The lowest BCUT2D eigenvalue weighted by molar-refractivity contribution is -0.135. The van der Waals surface area contributed by atoms with Crippen LogP contribution in [0.5, 0.6) is 5.75 Å². The zero-order valence-electron chi connectivity index (χ0n) is 21.3. The molecule has 2 rings (SSSR count). The third kappa shape index (κ3) is 7.91. The fourth-order valence-electron chi connectivity index (χ4n) is 3.30. The van der Waals surface area contributed by atoms with Crippen LogP contribution in [0.25, 0.3) is 5.69 Å². The predicted octanol–water partition coefficient (Wildman–Crippen LogP) is 5.18. The highest BCUT2D eigenvalue weighted by Crippen LogP contribution is 2.27.